The van der Waals surface area contributed by atoms with Gasteiger partial charge in [-0.1, -0.05) is 0 Å². The summed E-state index contributed by atoms with van der Waals surface area (Å²) in [4.78, 5) is 24.2. The van der Waals surface area contributed by atoms with Crippen molar-refractivity contribution in [3.8, 4) is 5.75 Å². The average molecular weight is 379 g/mol. The van der Waals surface area contributed by atoms with Gasteiger partial charge in [0.25, 0.3) is 5.91 Å². The first kappa shape index (κ1) is 17.6. The van der Waals surface area contributed by atoms with Crippen LogP contribution in [-0.4, -0.2) is 23.3 Å². The lowest BCUT2D eigenvalue weighted by atomic mass is 10.2. The van der Waals surface area contributed by atoms with E-state index in [4.69, 9.17) is 27.9 Å². The molecule has 0 heterocycles. The van der Waals surface area contributed by atoms with Crippen LogP contribution >= 0.6 is 23.2 Å². The van der Waals surface area contributed by atoms with Gasteiger partial charge in [0.05, 0.1) is 13.0 Å². The molecular weight excluding hydrogens is 363 g/mol. The highest BCUT2D eigenvalue weighted by Gasteiger charge is 2.56. The average Bonchev–Trinajstić information content (AvgIpc) is 3.25. The lowest BCUT2D eigenvalue weighted by Gasteiger charge is -2.08. The zero-order valence-electron chi connectivity index (χ0n) is 13.4. The smallest absolute Gasteiger partial charge is 0.255 e. The van der Waals surface area contributed by atoms with E-state index in [1.807, 2.05) is 0 Å². The number of anilines is 2. The maximum absolute atomic E-state index is 12.2. The van der Waals surface area contributed by atoms with Crippen LogP contribution in [0, 0.1) is 5.92 Å². The molecule has 2 aromatic carbocycles. The molecule has 0 bridgehead atoms. The van der Waals surface area contributed by atoms with Crippen LogP contribution in [0.2, 0.25) is 0 Å². The zero-order valence-corrected chi connectivity index (χ0v) is 14.9. The number of rotatable bonds is 5. The molecule has 1 saturated carbocycles. The molecule has 1 fully saturated rings. The third kappa shape index (κ3) is 4.24. The maximum Gasteiger partial charge on any atom is 0.255 e. The summed E-state index contributed by atoms with van der Waals surface area (Å²) < 4.78 is 4.12. The summed E-state index contributed by atoms with van der Waals surface area (Å²) in [5.41, 5.74) is 1.73. The van der Waals surface area contributed by atoms with Crippen molar-refractivity contribution in [2.75, 3.05) is 17.7 Å². The van der Waals surface area contributed by atoms with Gasteiger partial charge >= 0.3 is 0 Å². The van der Waals surface area contributed by atoms with Gasteiger partial charge in [-0.15, -0.1) is 23.2 Å². The van der Waals surface area contributed by atoms with Crippen LogP contribution in [0.15, 0.2) is 48.5 Å². The van der Waals surface area contributed by atoms with Gasteiger partial charge in [0.1, 0.15) is 10.1 Å². The van der Waals surface area contributed by atoms with E-state index in [-0.39, 0.29) is 11.8 Å². The molecule has 0 saturated heterocycles. The van der Waals surface area contributed by atoms with Crippen molar-refractivity contribution in [3.63, 3.8) is 0 Å². The fourth-order valence-electron chi connectivity index (χ4n) is 2.31. The molecule has 0 radical (unpaired) electrons. The van der Waals surface area contributed by atoms with Crippen molar-refractivity contribution >= 4 is 46.4 Å². The third-order valence-electron chi connectivity index (χ3n) is 3.90. The molecule has 1 atom stereocenters. The van der Waals surface area contributed by atoms with Crippen molar-refractivity contribution < 1.29 is 14.3 Å². The maximum atomic E-state index is 12.2. The summed E-state index contributed by atoms with van der Waals surface area (Å²) in [6, 6.07) is 13.6. The monoisotopic (exact) mass is 378 g/mol. The second kappa shape index (κ2) is 6.94. The molecule has 5 nitrogen and oxygen atoms in total. The summed E-state index contributed by atoms with van der Waals surface area (Å²) in [6.07, 6.45) is 0.449. The molecule has 2 aromatic rings. The van der Waals surface area contributed by atoms with Crippen LogP contribution in [0.5, 0.6) is 5.75 Å². The standard InChI is InChI=1S/C18H16Cl2N2O3/c1-25-14-8-6-13(7-9-14)21-16(23)11-2-4-12(5-3-11)22-17(24)15-10-18(15,19)20/h2-9,15H,10H2,1H3,(H,21,23)(H,22,24)/t15-/m1/s1. The predicted octanol–water partition coefficient (Wildman–Crippen LogP) is 4.08. The molecule has 2 amide bonds. The fraction of sp³-hybridized carbons (Fsp3) is 0.222. The normalized spacial score (nSPS) is 17.5. The van der Waals surface area contributed by atoms with Crippen LogP contribution in [0.25, 0.3) is 0 Å². The van der Waals surface area contributed by atoms with Crippen molar-refractivity contribution in [1.82, 2.24) is 0 Å². The van der Waals surface area contributed by atoms with Gasteiger partial charge in [-0.05, 0) is 55.0 Å². The van der Waals surface area contributed by atoms with Crippen molar-refractivity contribution in [1.29, 1.82) is 0 Å². The minimum absolute atomic E-state index is 0.222. The van der Waals surface area contributed by atoms with Crippen molar-refractivity contribution in [2.24, 2.45) is 5.92 Å². The topological polar surface area (TPSA) is 67.4 Å². The Bertz CT molecular complexity index is 789. The van der Waals surface area contributed by atoms with E-state index in [1.165, 1.54) is 0 Å². The molecular formula is C18H16Cl2N2O3. The third-order valence-corrected chi connectivity index (χ3v) is 4.74. The number of hydrogen-bond donors (Lipinski definition) is 2. The van der Waals surface area contributed by atoms with Crippen LogP contribution in [0.1, 0.15) is 16.8 Å². The Morgan fingerprint density at radius 1 is 1.00 bits per heavy atom. The Balaban J connectivity index is 1.59. The van der Waals surface area contributed by atoms with E-state index < -0.39 is 10.3 Å². The summed E-state index contributed by atoms with van der Waals surface area (Å²) in [5, 5.41) is 5.53. The molecule has 0 spiro atoms. The van der Waals surface area contributed by atoms with Gasteiger partial charge in [-0.2, -0.15) is 0 Å². The van der Waals surface area contributed by atoms with Gasteiger partial charge in [0.15, 0.2) is 0 Å². The number of benzene rings is 2. The minimum atomic E-state index is -0.956. The second-order valence-electron chi connectivity index (χ2n) is 5.77. The highest BCUT2D eigenvalue weighted by atomic mass is 35.5. The number of carbonyl (C=O) groups is 2. The van der Waals surface area contributed by atoms with Crippen LogP contribution in [0.3, 0.4) is 0 Å². The molecule has 130 valence electrons. The highest BCUT2D eigenvalue weighted by Crippen LogP contribution is 2.53. The molecule has 3 rings (SSSR count). The number of nitrogens with one attached hydrogen (secondary N) is 2. The lowest BCUT2D eigenvalue weighted by Crippen LogP contribution is -2.17. The predicted molar refractivity (Wildman–Crippen MR) is 98.6 cm³/mol. The number of alkyl halides is 2. The number of methoxy groups -OCH3 is 1. The molecule has 1 aliphatic carbocycles. The van der Waals surface area contributed by atoms with Crippen molar-refractivity contribution in [2.45, 2.75) is 10.8 Å². The van der Waals surface area contributed by atoms with Crippen molar-refractivity contribution in [3.05, 3.63) is 54.1 Å². The summed E-state index contributed by atoms with van der Waals surface area (Å²) >= 11 is 11.7. The van der Waals surface area contributed by atoms with Crippen LogP contribution < -0.4 is 15.4 Å². The van der Waals surface area contributed by atoms with E-state index >= 15 is 0 Å². The van der Waals surface area contributed by atoms with Gasteiger partial charge < -0.3 is 15.4 Å². The molecule has 2 N–H and O–H groups in total. The minimum Gasteiger partial charge on any atom is -0.497 e. The number of amides is 2. The first-order valence-electron chi connectivity index (χ1n) is 7.63. The highest BCUT2D eigenvalue weighted by molar-refractivity contribution is 6.52. The lowest BCUT2D eigenvalue weighted by molar-refractivity contribution is -0.117. The van der Waals surface area contributed by atoms with Crippen LogP contribution in [-0.2, 0) is 4.79 Å². The van der Waals surface area contributed by atoms with Crippen LogP contribution in [0.4, 0.5) is 11.4 Å². The van der Waals surface area contributed by atoms with Gasteiger partial charge in [-0.3, -0.25) is 9.59 Å². The molecule has 0 aromatic heterocycles. The largest absolute Gasteiger partial charge is 0.497 e. The Labute approximate surface area is 155 Å². The fourth-order valence-corrected chi connectivity index (χ4v) is 2.82. The van der Waals surface area contributed by atoms with Gasteiger partial charge in [-0.25, -0.2) is 0 Å². The van der Waals surface area contributed by atoms with E-state index in [9.17, 15) is 9.59 Å². The number of ether oxygens (including phenoxy) is 1. The summed E-state index contributed by atoms with van der Waals surface area (Å²) in [5.74, 6) is -0.147. The van der Waals surface area contributed by atoms with E-state index in [0.29, 0.717) is 29.1 Å². The first-order valence-corrected chi connectivity index (χ1v) is 8.39. The number of carbonyl (C=O) groups excluding carboxylic acids is 2. The Kier molecular flexibility index (Phi) is 4.88. The summed E-state index contributed by atoms with van der Waals surface area (Å²) in [7, 11) is 1.58. The molecule has 7 heteroatoms. The van der Waals surface area contributed by atoms with Gasteiger partial charge in [0, 0.05) is 16.9 Å². The summed E-state index contributed by atoms with van der Waals surface area (Å²) in [6.45, 7) is 0. The SMILES string of the molecule is COc1ccc(NC(=O)c2ccc(NC(=O)[C@H]3CC3(Cl)Cl)cc2)cc1. The number of halogens is 2. The number of hydrogen-bond acceptors (Lipinski definition) is 3. The molecule has 25 heavy (non-hydrogen) atoms. The Morgan fingerprint density at radius 3 is 2.04 bits per heavy atom. The van der Waals surface area contributed by atoms with E-state index in [1.54, 1.807) is 55.6 Å². The first-order chi connectivity index (χ1) is 11.9. The van der Waals surface area contributed by atoms with E-state index in [0.717, 1.165) is 0 Å². The Morgan fingerprint density at radius 2 is 1.52 bits per heavy atom. The molecule has 1 aliphatic rings. The van der Waals surface area contributed by atoms with Gasteiger partial charge in [0.2, 0.25) is 5.91 Å². The Hall–Kier alpha value is -2.24. The quantitative estimate of drug-likeness (QED) is 0.770. The molecule has 0 unspecified atom stereocenters. The van der Waals surface area contributed by atoms with E-state index in [2.05, 4.69) is 10.6 Å². The molecule has 0 aliphatic heterocycles. The second-order valence-corrected chi connectivity index (χ2v) is 7.31. The zero-order chi connectivity index (χ0) is 18.0.